The Morgan fingerprint density at radius 2 is 2.10 bits per heavy atom. The summed E-state index contributed by atoms with van der Waals surface area (Å²) < 4.78 is 25.8. The molecule has 0 unspecified atom stereocenters. The van der Waals surface area contributed by atoms with Gasteiger partial charge >= 0.3 is 5.97 Å². The van der Waals surface area contributed by atoms with Crippen molar-refractivity contribution in [2.45, 2.75) is 11.4 Å². The lowest BCUT2D eigenvalue weighted by Gasteiger charge is -2.18. The van der Waals surface area contributed by atoms with Crippen LogP contribution in [0.5, 0.6) is 0 Å². The van der Waals surface area contributed by atoms with E-state index in [2.05, 4.69) is 10.3 Å². The van der Waals surface area contributed by atoms with Crippen LogP contribution >= 0.6 is 0 Å². The van der Waals surface area contributed by atoms with Gasteiger partial charge in [0.25, 0.3) is 10.0 Å². The van der Waals surface area contributed by atoms with Crippen molar-refractivity contribution in [1.82, 2.24) is 14.6 Å². The highest BCUT2D eigenvalue weighted by Crippen LogP contribution is 2.15. The molecule has 2 N–H and O–H groups in total. The number of hydrogen-bond donors (Lipinski definition) is 2. The maximum absolute atomic E-state index is 12.3. The number of amides is 1. The number of carbonyl (C=O) groups excluding carboxylic acids is 1. The number of nitrogens with one attached hydrogen (secondary N) is 1. The molecule has 1 aliphatic heterocycles. The molecule has 1 amide bonds. The Morgan fingerprint density at radius 3 is 2.70 bits per heavy atom. The molecule has 1 aromatic rings. The van der Waals surface area contributed by atoms with Crippen LogP contribution in [0.4, 0.5) is 0 Å². The van der Waals surface area contributed by atoms with Gasteiger partial charge in [-0.2, -0.15) is 4.31 Å². The number of carboxylic acid groups (broad SMARTS) is 1. The fraction of sp³-hybridized carbons (Fsp3) is 0.364. The first-order chi connectivity index (χ1) is 9.41. The molecule has 1 aliphatic rings. The van der Waals surface area contributed by atoms with Crippen LogP contribution in [-0.2, 0) is 14.8 Å². The van der Waals surface area contributed by atoms with E-state index in [1.54, 1.807) is 0 Å². The maximum Gasteiger partial charge on any atom is 0.337 e. The zero-order chi connectivity index (χ0) is 14.8. The van der Waals surface area contributed by atoms with Gasteiger partial charge in [-0.1, -0.05) is 0 Å². The van der Waals surface area contributed by atoms with Crippen LogP contribution < -0.4 is 5.32 Å². The molecule has 0 spiro atoms. The quantitative estimate of drug-likeness (QED) is 0.761. The van der Waals surface area contributed by atoms with E-state index in [-0.39, 0.29) is 42.6 Å². The van der Waals surface area contributed by atoms with Crippen LogP contribution in [-0.4, -0.2) is 54.3 Å². The molecular weight excluding hydrogens is 286 g/mol. The number of sulfonamides is 1. The number of nitrogens with zero attached hydrogens (tertiary/aromatic N) is 2. The van der Waals surface area contributed by atoms with Gasteiger partial charge in [0.1, 0.15) is 0 Å². The summed E-state index contributed by atoms with van der Waals surface area (Å²) in [5, 5.41) is 11.1. The van der Waals surface area contributed by atoms with Gasteiger partial charge in [-0.25, -0.2) is 18.2 Å². The van der Waals surface area contributed by atoms with Crippen LogP contribution in [0.15, 0.2) is 23.4 Å². The van der Waals surface area contributed by atoms with Gasteiger partial charge in [0.2, 0.25) is 5.91 Å². The van der Waals surface area contributed by atoms with Crippen molar-refractivity contribution < 1.29 is 23.1 Å². The molecule has 2 heterocycles. The van der Waals surface area contributed by atoms with E-state index >= 15 is 0 Å². The molecule has 8 nitrogen and oxygen atoms in total. The lowest BCUT2D eigenvalue weighted by molar-refractivity contribution is -0.120. The predicted octanol–water partition coefficient (Wildman–Crippen LogP) is -0.710. The van der Waals surface area contributed by atoms with E-state index in [4.69, 9.17) is 5.11 Å². The molecule has 0 bridgehead atoms. The highest BCUT2D eigenvalue weighted by Gasteiger charge is 2.27. The molecule has 2 rings (SSSR count). The number of carboxylic acids is 1. The van der Waals surface area contributed by atoms with Crippen molar-refractivity contribution >= 4 is 21.9 Å². The topological polar surface area (TPSA) is 117 Å². The standard InChI is InChI=1S/C11H13N3O5S/c15-9-3-5-14(6-4-12-9)20(18,19)10-2-1-8(7-13-10)11(16)17/h1-2,7H,3-6H2,(H,12,15)(H,16,17). The highest BCUT2D eigenvalue weighted by atomic mass is 32.2. The van der Waals surface area contributed by atoms with E-state index in [1.165, 1.54) is 6.07 Å². The third-order valence-electron chi connectivity index (χ3n) is 2.86. The summed E-state index contributed by atoms with van der Waals surface area (Å²) in [6, 6.07) is 2.34. The van der Waals surface area contributed by atoms with E-state index in [9.17, 15) is 18.0 Å². The summed E-state index contributed by atoms with van der Waals surface area (Å²) in [5.41, 5.74) is -0.0864. The van der Waals surface area contributed by atoms with Gasteiger partial charge in [0.05, 0.1) is 5.56 Å². The summed E-state index contributed by atoms with van der Waals surface area (Å²) in [5.74, 6) is -1.37. The summed E-state index contributed by atoms with van der Waals surface area (Å²) in [4.78, 5) is 25.6. The second kappa shape index (κ2) is 5.55. The third kappa shape index (κ3) is 2.94. The third-order valence-corrected chi connectivity index (χ3v) is 4.67. The van der Waals surface area contributed by atoms with Crippen molar-refractivity contribution in [3.05, 3.63) is 23.9 Å². The largest absolute Gasteiger partial charge is 0.478 e. The number of aromatic carboxylic acids is 1. The normalized spacial score (nSPS) is 17.3. The summed E-state index contributed by atoms with van der Waals surface area (Å²) >= 11 is 0. The first kappa shape index (κ1) is 14.4. The monoisotopic (exact) mass is 299 g/mol. The van der Waals surface area contributed by atoms with Crippen molar-refractivity contribution in [1.29, 1.82) is 0 Å². The lowest BCUT2D eigenvalue weighted by Crippen LogP contribution is -2.34. The Labute approximate surface area is 115 Å². The summed E-state index contributed by atoms with van der Waals surface area (Å²) in [6.07, 6.45) is 1.09. The molecule has 1 aromatic heterocycles. The Morgan fingerprint density at radius 1 is 1.35 bits per heavy atom. The fourth-order valence-electron chi connectivity index (χ4n) is 1.78. The van der Waals surface area contributed by atoms with Gasteiger partial charge in [0, 0.05) is 32.3 Å². The minimum atomic E-state index is -3.81. The van der Waals surface area contributed by atoms with Crippen LogP contribution in [0.1, 0.15) is 16.8 Å². The second-order valence-electron chi connectivity index (χ2n) is 4.19. The molecule has 9 heteroatoms. The highest BCUT2D eigenvalue weighted by molar-refractivity contribution is 7.89. The van der Waals surface area contributed by atoms with Crippen molar-refractivity contribution in [3.8, 4) is 0 Å². The molecular formula is C11H13N3O5S. The number of rotatable bonds is 3. The number of hydrogen-bond acceptors (Lipinski definition) is 5. The van der Waals surface area contributed by atoms with Crippen LogP contribution in [0, 0.1) is 0 Å². The first-order valence-corrected chi connectivity index (χ1v) is 7.31. The summed E-state index contributed by atoms with van der Waals surface area (Å²) in [6.45, 7) is 0.484. The fourth-order valence-corrected chi connectivity index (χ4v) is 3.13. The molecule has 0 atom stereocenters. The Hall–Kier alpha value is -2.00. The number of carbonyl (C=O) groups is 2. The van der Waals surface area contributed by atoms with Gasteiger partial charge in [-0.3, -0.25) is 4.79 Å². The second-order valence-corrected chi connectivity index (χ2v) is 6.08. The van der Waals surface area contributed by atoms with Gasteiger partial charge in [0.15, 0.2) is 5.03 Å². The van der Waals surface area contributed by atoms with Crippen molar-refractivity contribution in [2.75, 3.05) is 19.6 Å². The molecule has 0 aliphatic carbocycles. The average Bonchev–Trinajstić information content (AvgIpc) is 2.64. The zero-order valence-corrected chi connectivity index (χ0v) is 11.3. The Balaban J connectivity index is 2.25. The lowest BCUT2D eigenvalue weighted by atomic mass is 10.3. The number of aromatic nitrogens is 1. The molecule has 20 heavy (non-hydrogen) atoms. The maximum atomic E-state index is 12.3. The van der Waals surface area contributed by atoms with E-state index < -0.39 is 16.0 Å². The minimum absolute atomic E-state index is 0.0799. The van der Waals surface area contributed by atoms with E-state index in [0.29, 0.717) is 0 Å². The van der Waals surface area contributed by atoms with Gasteiger partial charge in [-0.15, -0.1) is 0 Å². The van der Waals surface area contributed by atoms with Crippen LogP contribution in [0.2, 0.25) is 0 Å². The molecule has 1 saturated heterocycles. The smallest absolute Gasteiger partial charge is 0.337 e. The first-order valence-electron chi connectivity index (χ1n) is 5.87. The van der Waals surface area contributed by atoms with Crippen molar-refractivity contribution in [2.24, 2.45) is 0 Å². The zero-order valence-electron chi connectivity index (χ0n) is 10.4. The Kier molecular flexibility index (Phi) is 4.00. The molecule has 0 aromatic carbocycles. The molecule has 108 valence electrons. The molecule has 0 radical (unpaired) electrons. The van der Waals surface area contributed by atoms with Crippen molar-refractivity contribution in [3.63, 3.8) is 0 Å². The minimum Gasteiger partial charge on any atom is -0.478 e. The predicted molar refractivity (Wildman–Crippen MR) is 67.6 cm³/mol. The van der Waals surface area contributed by atoms with Gasteiger partial charge < -0.3 is 10.4 Å². The average molecular weight is 299 g/mol. The summed E-state index contributed by atoms with van der Waals surface area (Å²) in [7, 11) is -3.81. The Bertz CT molecular complexity index is 626. The molecule has 0 saturated carbocycles. The SMILES string of the molecule is O=C1CCN(S(=O)(=O)c2ccc(C(=O)O)cn2)CCN1. The van der Waals surface area contributed by atoms with Crippen LogP contribution in [0.25, 0.3) is 0 Å². The van der Waals surface area contributed by atoms with Gasteiger partial charge in [-0.05, 0) is 12.1 Å². The molecule has 1 fully saturated rings. The van der Waals surface area contributed by atoms with Crippen LogP contribution in [0.3, 0.4) is 0 Å². The van der Waals surface area contributed by atoms with E-state index in [0.717, 1.165) is 16.6 Å². The number of pyridine rings is 1. The van der Waals surface area contributed by atoms with E-state index in [1.807, 2.05) is 0 Å².